The summed E-state index contributed by atoms with van der Waals surface area (Å²) in [4.78, 5) is 26.2. The van der Waals surface area contributed by atoms with Crippen molar-refractivity contribution in [3.63, 3.8) is 0 Å². The number of benzene rings is 3. The van der Waals surface area contributed by atoms with Crippen molar-refractivity contribution in [2.45, 2.75) is 25.7 Å². The number of hydrogen-bond acceptors (Lipinski definition) is 3. The monoisotopic (exact) mass is 394 g/mol. The molecule has 0 aromatic heterocycles. The molecule has 0 radical (unpaired) electrons. The van der Waals surface area contributed by atoms with Crippen molar-refractivity contribution in [2.75, 3.05) is 6.54 Å². The van der Waals surface area contributed by atoms with Crippen LogP contribution in [0.4, 0.5) is 0 Å². The van der Waals surface area contributed by atoms with Crippen LogP contribution < -0.4 is 0 Å². The third-order valence-electron chi connectivity index (χ3n) is 5.53. The van der Waals surface area contributed by atoms with Gasteiger partial charge in [-0.3, -0.25) is 14.5 Å². The molecule has 30 heavy (non-hydrogen) atoms. The van der Waals surface area contributed by atoms with Gasteiger partial charge in [0.25, 0.3) is 11.8 Å². The number of imide groups is 1. The molecule has 0 bridgehead atoms. The predicted octanol–water partition coefficient (Wildman–Crippen LogP) is 4.57. The van der Waals surface area contributed by atoms with Gasteiger partial charge in [-0.2, -0.15) is 5.26 Å². The number of fused-ring (bicyclic) bond motifs is 1. The zero-order valence-electron chi connectivity index (χ0n) is 16.7. The van der Waals surface area contributed by atoms with Gasteiger partial charge < -0.3 is 0 Å². The minimum atomic E-state index is -0.186. The Balaban J connectivity index is 1.27. The number of amides is 2. The van der Waals surface area contributed by atoms with Gasteiger partial charge in [0.15, 0.2) is 0 Å². The van der Waals surface area contributed by atoms with E-state index >= 15 is 0 Å². The van der Waals surface area contributed by atoms with Crippen LogP contribution >= 0.6 is 0 Å². The van der Waals surface area contributed by atoms with Gasteiger partial charge in [0.2, 0.25) is 0 Å². The molecule has 2 amide bonds. The quantitative estimate of drug-likeness (QED) is 0.552. The van der Waals surface area contributed by atoms with E-state index in [4.69, 9.17) is 5.26 Å². The number of nitrogens with zero attached hydrogens (tertiary/aromatic N) is 2. The van der Waals surface area contributed by atoms with E-state index in [2.05, 4.69) is 30.3 Å². The Bertz CT molecular complexity index is 1070. The van der Waals surface area contributed by atoms with Crippen LogP contribution in [0.1, 0.15) is 49.4 Å². The minimum Gasteiger partial charge on any atom is -0.274 e. The zero-order valence-corrected chi connectivity index (χ0v) is 16.7. The summed E-state index contributed by atoms with van der Waals surface area (Å²) in [6.45, 7) is 0.437. The van der Waals surface area contributed by atoms with E-state index < -0.39 is 0 Å². The Morgan fingerprint density at radius 2 is 1.13 bits per heavy atom. The number of aryl methyl sites for hydroxylation is 3. The van der Waals surface area contributed by atoms with E-state index in [0.717, 1.165) is 25.7 Å². The van der Waals surface area contributed by atoms with E-state index in [1.54, 1.807) is 24.3 Å². The molecule has 1 aliphatic rings. The zero-order chi connectivity index (χ0) is 20.9. The lowest BCUT2D eigenvalue weighted by atomic mass is 10.0. The summed E-state index contributed by atoms with van der Waals surface area (Å²) in [7, 11) is 0. The second-order valence-electron chi connectivity index (χ2n) is 7.54. The fourth-order valence-corrected chi connectivity index (χ4v) is 3.79. The minimum absolute atomic E-state index is 0.186. The third-order valence-corrected chi connectivity index (χ3v) is 5.53. The van der Waals surface area contributed by atoms with Crippen LogP contribution in [0, 0.1) is 11.3 Å². The molecule has 1 heterocycles. The maximum Gasteiger partial charge on any atom is 0.261 e. The Labute approximate surface area is 176 Å². The Hall–Kier alpha value is -3.71. The van der Waals surface area contributed by atoms with Crippen LogP contribution in [0.2, 0.25) is 0 Å². The molecular weight excluding hydrogens is 372 g/mol. The van der Waals surface area contributed by atoms with Crippen LogP contribution in [0.5, 0.6) is 0 Å². The molecule has 148 valence electrons. The van der Waals surface area contributed by atoms with Gasteiger partial charge in [-0.25, -0.2) is 0 Å². The lowest BCUT2D eigenvalue weighted by Crippen LogP contribution is -2.30. The summed E-state index contributed by atoms with van der Waals surface area (Å²) < 4.78 is 0. The first-order valence-electron chi connectivity index (χ1n) is 10.2. The van der Waals surface area contributed by atoms with Crippen LogP contribution in [0.25, 0.3) is 0 Å². The summed E-state index contributed by atoms with van der Waals surface area (Å²) in [6, 6.07) is 25.4. The van der Waals surface area contributed by atoms with Gasteiger partial charge in [-0.1, -0.05) is 48.5 Å². The van der Waals surface area contributed by atoms with Gasteiger partial charge >= 0.3 is 0 Å². The fraction of sp³-hybridized carbons (Fsp3) is 0.192. The molecule has 0 spiro atoms. The average molecular weight is 394 g/mol. The molecule has 4 nitrogen and oxygen atoms in total. The molecule has 0 unspecified atom stereocenters. The molecule has 0 fully saturated rings. The summed E-state index contributed by atoms with van der Waals surface area (Å²) in [5, 5.41) is 8.87. The van der Waals surface area contributed by atoms with E-state index in [0.29, 0.717) is 23.2 Å². The Morgan fingerprint density at radius 1 is 0.667 bits per heavy atom. The molecule has 4 heteroatoms. The van der Waals surface area contributed by atoms with Crippen LogP contribution in [0.3, 0.4) is 0 Å². The van der Waals surface area contributed by atoms with Crippen molar-refractivity contribution in [1.29, 1.82) is 5.26 Å². The topological polar surface area (TPSA) is 61.2 Å². The van der Waals surface area contributed by atoms with Crippen molar-refractivity contribution >= 4 is 11.8 Å². The first-order valence-corrected chi connectivity index (χ1v) is 10.2. The molecule has 0 aliphatic carbocycles. The highest BCUT2D eigenvalue weighted by molar-refractivity contribution is 6.21. The maximum absolute atomic E-state index is 12.4. The highest BCUT2D eigenvalue weighted by Crippen LogP contribution is 2.22. The molecule has 3 aromatic carbocycles. The summed E-state index contributed by atoms with van der Waals surface area (Å²) in [5.41, 5.74) is 5.39. The standard InChI is InChI=1S/C26H22N2O2/c27-18-22-15-13-21(14-16-22)12-11-20-9-7-19(8-10-20)4-3-17-28-25(29)23-5-1-2-6-24(23)26(28)30/h1-2,5-10,13-16H,3-4,11-12,17H2. The first kappa shape index (κ1) is 19.6. The Kier molecular flexibility index (Phi) is 5.72. The molecule has 4 rings (SSSR count). The molecule has 0 saturated heterocycles. The number of carbonyl (C=O) groups excluding carboxylic acids is 2. The number of nitriles is 1. The van der Waals surface area contributed by atoms with Gasteiger partial charge in [0.05, 0.1) is 22.8 Å². The second kappa shape index (κ2) is 8.75. The van der Waals surface area contributed by atoms with E-state index in [9.17, 15) is 9.59 Å². The lowest BCUT2D eigenvalue weighted by molar-refractivity contribution is 0.0652. The van der Waals surface area contributed by atoms with Crippen molar-refractivity contribution in [3.8, 4) is 6.07 Å². The molecule has 0 atom stereocenters. The largest absolute Gasteiger partial charge is 0.274 e. The van der Waals surface area contributed by atoms with Crippen LogP contribution in [-0.4, -0.2) is 23.3 Å². The number of hydrogen-bond donors (Lipinski definition) is 0. The normalized spacial score (nSPS) is 12.7. The molecule has 0 N–H and O–H groups in total. The van der Waals surface area contributed by atoms with Crippen molar-refractivity contribution in [2.24, 2.45) is 0 Å². The Morgan fingerprint density at radius 3 is 1.63 bits per heavy atom. The van der Waals surface area contributed by atoms with Gasteiger partial charge in [-0.15, -0.1) is 0 Å². The number of carbonyl (C=O) groups is 2. The van der Waals surface area contributed by atoms with E-state index in [1.165, 1.54) is 21.6 Å². The van der Waals surface area contributed by atoms with E-state index in [-0.39, 0.29) is 11.8 Å². The summed E-state index contributed by atoms with van der Waals surface area (Å²) >= 11 is 0. The van der Waals surface area contributed by atoms with Crippen LogP contribution in [-0.2, 0) is 19.3 Å². The molecule has 0 saturated carbocycles. The molecule has 1 aliphatic heterocycles. The van der Waals surface area contributed by atoms with Crippen LogP contribution in [0.15, 0.2) is 72.8 Å². The fourth-order valence-electron chi connectivity index (χ4n) is 3.79. The molecule has 3 aromatic rings. The van der Waals surface area contributed by atoms with Gasteiger partial charge in [0, 0.05) is 6.54 Å². The predicted molar refractivity (Wildman–Crippen MR) is 115 cm³/mol. The maximum atomic E-state index is 12.4. The van der Waals surface area contributed by atoms with Gasteiger partial charge in [-0.05, 0) is 66.6 Å². The first-order chi connectivity index (χ1) is 14.7. The highest BCUT2D eigenvalue weighted by Gasteiger charge is 2.34. The van der Waals surface area contributed by atoms with Gasteiger partial charge in [0.1, 0.15) is 0 Å². The number of rotatable bonds is 7. The van der Waals surface area contributed by atoms with Crippen molar-refractivity contribution < 1.29 is 9.59 Å². The summed E-state index contributed by atoms with van der Waals surface area (Å²) in [5.74, 6) is -0.373. The smallest absolute Gasteiger partial charge is 0.261 e. The average Bonchev–Trinajstić information content (AvgIpc) is 3.04. The van der Waals surface area contributed by atoms with Crippen molar-refractivity contribution in [1.82, 2.24) is 4.90 Å². The SMILES string of the molecule is N#Cc1ccc(CCc2ccc(CCCN3C(=O)c4ccccc4C3=O)cc2)cc1. The lowest BCUT2D eigenvalue weighted by Gasteiger charge is -2.13. The summed E-state index contributed by atoms with van der Waals surface area (Å²) in [6.07, 6.45) is 3.45. The highest BCUT2D eigenvalue weighted by atomic mass is 16.2. The third kappa shape index (κ3) is 4.16. The van der Waals surface area contributed by atoms with Crippen molar-refractivity contribution in [3.05, 3.63) is 106 Å². The molecular formula is C26H22N2O2. The second-order valence-corrected chi connectivity index (χ2v) is 7.54. The van der Waals surface area contributed by atoms with E-state index in [1.807, 2.05) is 24.3 Å².